The van der Waals surface area contributed by atoms with Crippen LogP contribution in [0.15, 0.2) is 47.0 Å². The van der Waals surface area contributed by atoms with E-state index in [-0.39, 0.29) is 5.75 Å². The first-order valence-corrected chi connectivity index (χ1v) is 5.42. The highest BCUT2D eigenvalue weighted by molar-refractivity contribution is 5.95. The Bertz CT molecular complexity index is 731. The second-order valence-corrected chi connectivity index (χ2v) is 3.92. The molecule has 0 aliphatic rings. The number of phenols is 1. The fourth-order valence-corrected chi connectivity index (χ4v) is 1.89. The molecule has 0 radical (unpaired) electrons. The first-order valence-electron chi connectivity index (χ1n) is 5.42. The molecule has 2 aromatic carbocycles. The predicted molar refractivity (Wildman–Crippen MR) is 66.5 cm³/mol. The Labute approximate surface area is 102 Å². The molecule has 0 saturated carbocycles. The molecule has 0 bridgehead atoms. The van der Waals surface area contributed by atoms with Crippen molar-refractivity contribution < 1.29 is 14.4 Å². The molecule has 88 valence electrons. The van der Waals surface area contributed by atoms with Crippen LogP contribution in [0.25, 0.3) is 22.2 Å². The quantitative estimate of drug-likeness (QED) is 0.698. The molecule has 0 atom stereocenters. The number of nitrogens with zero attached hydrogens (tertiary/aromatic N) is 1. The summed E-state index contributed by atoms with van der Waals surface area (Å²) in [4.78, 5) is 10.7. The van der Waals surface area contributed by atoms with Crippen molar-refractivity contribution in [1.82, 2.24) is 5.16 Å². The van der Waals surface area contributed by atoms with Crippen molar-refractivity contribution in [3.8, 4) is 17.1 Å². The lowest BCUT2D eigenvalue weighted by Crippen LogP contribution is -1.80. The summed E-state index contributed by atoms with van der Waals surface area (Å²) >= 11 is 0. The van der Waals surface area contributed by atoms with Gasteiger partial charge in [0.1, 0.15) is 17.6 Å². The van der Waals surface area contributed by atoms with Gasteiger partial charge in [0.15, 0.2) is 5.76 Å². The van der Waals surface area contributed by atoms with Crippen LogP contribution < -0.4 is 0 Å². The van der Waals surface area contributed by atoms with Crippen LogP contribution in [-0.2, 0) is 0 Å². The van der Waals surface area contributed by atoms with E-state index >= 15 is 0 Å². The third kappa shape index (κ3) is 1.55. The number of carbonyl (C=O) groups is 1. The third-order valence-electron chi connectivity index (χ3n) is 2.79. The van der Waals surface area contributed by atoms with Crippen LogP contribution in [0.2, 0.25) is 0 Å². The second-order valence-electron chi connectivity index (χ2n) is 3.92. The molecule has 4 nitrogen and oxygen atoms in total. The molecule has 1 N–H and O–H groups in total. The molecule has 0 spiro atoms. The van der Waals surface area contributed by atoms with Crippen LogP contribution >= 0.6 is 0 Å². The molecule has 0 aliphatic carbocycles. The monoisotopic (exact) mass is 239 g/mol. The second kappa shape index (κ2) is 4.00. The smallest absolute Gasteiger partial charge is 0.178 e. The standard InChI is InChI=1S/C14H9NO3/c16-8-9-5-6-10-12(7-9)15-18-14(10)11-3-1-2-4-13(11)17/h1-8,17H. The number of aromatic nitrogens is 1. The van der Waals surface area contributed by atoms with Crippen molar-refractivity contribution in [2.45, 2.75) is 0 Å². The number of para-hydroxylation sites is 1. The maximum absolute atomic E-state index is 10.7. The van der Waals surface area contributed by atoms with Gasteiger partial charge in [0.25, 0.3) is 0 Å². The van der Waals surface area contributed by atoms with Crippen LogP contribution in [-0.4, -0.2) is 16.5 Å². The van der Waals surface area contributed by atoms with Crippen molar-refractivity contribution in [1.29, 1.82) is 0 Å². The van der Waals surface area contributed by atoms with Gasteiger partial charge in [-0.15, -0.1) is 0 Å². The number of hydrogen-bond acceptors (Lipinski definition) is 4. The molecular formula is C14H9NO3. The Balaban J connectivity index is 2.25. The fraction of sp³-hybridized carbons (Fsp3) is 0. The van der Waals surface area contributed by atoms with Gasteiger partial charge in [-0.3, -0.25) is 4.79 Å². The molecule has 0 unspecified atom stereocenters. The van der Waals surface area contributed by atoms with E-state index in [2.05, 4.69) is 5.16 Å². The third-order valence-corrected chi connectivity index (χ3v) is 2.79. The predicted octanol–water partition coefficient (Wildman–Crippen LogP) is 3.01. The average Bonchev–Trinajstić information content (AvgIpc) is 2.82. The van der Waals surface area contributed by atoms with Crippen LogP contribution in [0.1, 0.15) is 10.4 Å². The Hall–Kier alpha value is -2.62. The molecule has 3 aromatic rings. The molecular weight excluding hydrogens is 230 g/mol. The van der Waals surface area contributed by atoms with Crippen LogP contribution in [0, 0.1) is 0 Å². The number of hydrogen-bond donors (Lipinski definition) is 1. The van der Waals surface area contributed by atoms with Gasteiger partial charge in [-0.2, -0.15) is 0 Å². The normalized spacial score (nSPS) is 10.7. The van der Waals surface area contributed by atoms with Crippen molar-refractivity contribution in [3.05, 3.63) is 48.0 Å². The highest BCUT2D eigenvalue weighted by Crippen LogP contribution is 2.34. The minimum atomic E-state index is 0.134. The lowest BCUT2D eigenvalue weighted by Gasteiger charge is -1.99. The van der Waals surface area contributed by atoms with E-state index in [1.807, 2.05) is 6.07 Å². The van der Waals surface area contributed by atoms with Gasteiger partial charge in [0.2, 0.25) is 0 Å². The van der Waals surface area contributed by atoms with E-state index in [1.54, 1.807) is 36.4 Å². The first kappa shape index (κ1) is 10.5. The Morgan fingerprint density at radius 1 is 1.17 bits per heavy atom. The average molecular weight is 239 g/mol. The molecule has 3 rings (SSSR count). The van der Waals surface area contributed by atoms with Crippen LogP contribution in [0.4, 0.5) is 0 Å². The number of carbonyl (C=O) groups excluding carboxylic acids is 1. The first-order chi connectivity index (χ1) is 8.79. The summed E-state index contributed by atoms with van der Waals surface area (Å²) in [5, 5.41) is 14.5. The van der Waals surface area contributed by atoms with Gasteiger partial charge < -0.3 is 9.63 Å². The minimum Gasteiger partial charge on any atom is -0.507 e. The van der Waals surface area contributed by atoms with Crippen molar-refractivity contribution >= 4 is 17.2 Å². The Morgan fingerprint density at radius 3 is 2.78 bits per heavy atom. The summed E-state index contributed by atoms with van der Waals surface area (Å²) in [5.41, 5.74) is 1.72. The minimum absolute atomic E-state index is 0.134. The van der Waals surface area contributed by atoms with Gasteiger partial charge in [0.05, 0.1) is 5.56 Å². The highest BCUT2D eigenvalue weighted by atomic mass is 16.5. The largest absolute Gasteiger partial charge is 0.507 e. The lowest BCUT2D eigenvalue weighted by atomic mass is 10.1. The summed E-state index contributed by atoms with van der Waals surface area (Å²) in [7, 11) is 0. The number of aldehydes is 1. The fourth-order valence-electron chi connectivity index (χ4n) is 1.89. The number of aromatic hydroxyl groups is 1. The zero-order valence-corrected chi connectivity index (χ0v) is 9.33. The maximum atomic E-state index is 10.7. The number of fused-ring (bicyclic) bond motifs is 1. The van der Waals surface area contributed by atoms with E-state index in [0.29, 0.717) is 22.4 Å². The number of phenolic OH excluding ortho intramolecular Hbond substituents is 1. The summed E-state index contributed by atoms with van der Waals surface area (Å²) in [6, 6.07) is 12.0. The molecule has 18 heavy (non-hydrogen) atoms. The Kier molecular flexibility index (Phi) is 2.34. The summed E-state index contributed by atoms with van der Waals surface area (Å²) in [6.07, 6.45) is 0.758. The highest BCUT2D eigenvalue weighted by Gasteiger charge is 2.13. The van der Waals surface area contributed by atoms with Gasteiger partial charge >= 0.3 is 0 Å². The Morgan fingerprint density at radius 2 is 2.00 bits per heavy atom. The van der Waals surface area contributed by atoms with Crippen molar-refractivity contribution in [2.24, 2.45) is 0 Å². The van der Waals surface area contributed by atoms with Crippen molar-refractivity contribution in [3.63, 3.8) is 0 Å². The molecule has 0 fully saturated rings. The maximum Gasteiger partial charge on any atom is 0.178 e. The molecule has 1 heterocycles. The van der Waals surface area contributed by atoms with Gasteiger partial charge in [-0.05, 0) is 24.3 Å². The van der Waals surface area contributed by atoms with Gasteiger partial charge in [0, 0.05) is 10.9 Å². The van der Waals surface area contributed by atoms with E-state index < -0.39 is 0 Å². The van der Waals surface area contributed by atoms with Crippen molar-refractivity contribution in [2.75, 3.05) is 0 Å². The van der Waals surface area contributed by atoms with Crippen LogP contribution in [0.3, 0.4) is 0 Å². The zero-order valence-electron chi connectivity index (χ0n) is 9.33. The number of benzene rings is 2. The molecule has 4 heteroatoms. The zero-order chi connectivity index (χ0) is 12.5. The van der Waals surface area contributed by atoms with E-state index in [0.717, 1.165) is 11.7 Å². The topological polar surface area (TPSA) is 63.3 Å². The SMILES string of the molecule is O=Cc1ccc2c(-c3ccccc3O)onc2c1. The molecule has 1 aromatic heterocycles. The number of rotatable bonds is 2. The van der Waals surface area contributed by atoms with Gasteiger partial charge in [-0.1, -0.05) is 23.4 Å². The van der Waals surface area contributed by atoms with E-state index in [4.69, 9.17) is 4.52 Å². The molecule has 0 aliphatic heterocycles. The summed E-state index contributed by atoms with van der Waals surface area (Å²) < 4.78 is 5.26. The van der Waals surface area contributed by atoms with E-state index in [1.165, 1.54) is 0 Å². The summed E-state index contributed by atoms with van der Waals surface area (Å²) in [6.45, 7) is 0. The van der Waals surface area contributed by atoms with Gasteiger partial charge in [-0.25, -0.2) is 0 Å². The van der Waals surface area contributed by atoms with Crippen LogP contribution in [0.5, 0.6) is 5.75 Å². The summed E-state index contributed by atoms with van der Waals surface area (Å²) in [5.74, 6) is 0.635. The molecule has 0 saturated heterocycles. The van der Waals surface area contributed by atoms with E-state index in [9.17, 15) is 9.90 Å². The lowest BCUT2D eigenvalue weighted by molar-refractivity contribution is 0.112. The molecule has 0 amide bonds.